The molecule has 3 N–H and O–H groups in total. The number of aliphatic hydroxyl groups is 1. The van der Waals surface area contributed by atoms with Crippen molar-refractivity contribution >= 4 is 6.03 Å². The number of rotatable bonds is 4. The van der Waals surface area contributed by atoms with Gasteiger partial charge in [0.2, 0.25) is 0 Å². The van der Waals surface area contributed by atoms with Crippen LogP contribution in [-0.4, -0.2) is 23.7 Å². The lowest BCUT2D eigenvalue weighted by molar-refractivity contribution is 0.168. The van der Waals surface area contributed by atoms with E-state index in [1.165, 1.54) is 25.0 Å². The van der Waals surface area contributed by atoms with Crippen LogP contribution in [-0.2, 0) is 0 Å². The molecule has 1 aliphatic rings. The summed E-state index contributed by atoms with van der Waals surface area (Å²) < 4.78 is 13.5. The topological polar surface area (TPSA) is 61.4 Å². The van der Waals surface area contributed by atoms with Crippen LogP contribution in [0.15, 0.2) is 24.3 Å². The Morgan fingerprint density at radius 1 is 1.24 bits per heavy atom. The van der Waals surface area contributed by atoms with Crippen LogP contribution in [0.5, 0.6) is 0 Å². The minimum atomic E-state index is -1.04. The van der Waals surface area contributed by atoms with Crippen LogP contribution < -0.4 is 10.6 Å². The lowest BCUT2D eigenvalue weighted by Crippen LogP contribution is -2.43. The molecule has 1 aromatic rings. The highest BCUT2D eigenvalue weighted by molar-refractivity contribution is 5.74. The van der Waals surface area contributed by atoms with Crippen molar-refractivity contribution in [2.75, 3.05) is 6.54 Å². The van der Waals surface area contributed by atoms with Gasteiger partial charge in [0.25, 0.3) is 0 Å². The van der Waals surface area contributed by atoms with E-state index in [2.05, 4.69) is 10.6 Å². The Bertz CT molecular complexity index is 459. The molecule has 1 aromatic carbocycles. The van der Waals surface area contributed by atoms with Gasteiger partial charge in [-0.05, 0) is 18.9 Å². The van der Waals surface area contributed by atoms with Crippen molar-refractivity contribution in [3.8, 4) is 0 Å². The number of hydrogen-bond acceptors (Lipinski definition) is 2. The van der Waals surface area contributed by atoms with Gasteiger partial charge in [-0.2, -0.15) is 0 Å². The maximum absolute atomic E-state index is 13.5. The maximum atomic E-state index is 13.5. The predicted molar refractivity (Wildman–Crippen MR) is 79.4 cm³/mol. The van der Waals surface area contributed by atoms with E-state index in [-0.39, 0.29) is 24.2 Å². The van der Waals surface area contributed by atoms with E-state index in [1.54, 1.807) is 12.1 Å². The second-order valence-corrected chi connectivity index (χ2v) is 5.58. The van der Waals surface area contributed by atoms with Crippen LogP contribution in [0.4, 0.5) is 9.18 Å². The number of nitrogens with one attached hydrogen (secondary N) is 2. The molecule has 0 radical (unpaired) electrons. The number of urea groups is 1. The molecule has 5 heteroatoms. The summed E-state index contributed by atoms with van der Waals surface area (Å²) in [4.78, 5) is 11.8. The van der Waals surface area contributed by atoms with Crippen LogP contribution in [0.1, 0.15) is 50.2 Å². The van der Waals surface area contributed by atoms with Gasteiger partial charge in [-0.25, -0.2) is 9.18 Å². The van der Waals surface area contributed by atoms with Crippen LogP contribution in [0.3, 0.4) is 0 Å². The molecule has 1 atom stereocenters. The second-order valence-electron chi connectivity index (χ2n) is 5.58. The van der Waals surface area contributed by atoms with Gasteiger partial charge in [-0.15, -0.1) is 0 Å². The Labute approximate surface area is 124 Å². The zero-order chi connectivity index (χ0) is 15.1. The molecule has 4 nitrogen and oxygen atoms in total. The molecule has 0 bridgehead atoms. The van der Waals surface area contributed by atoms with Crippen LogP contribution in [0.2, 0.25) is 0 Å². The van der Waals surface area contributed by atoms with Gasteiger partial charge >= 0.3 is 6.03 Å². The van der Waals surface area contributed by atoms with Crippen molar-refractivity contribution in [2.45, 2.75) is 50.7 Å². The highest BCUT2D eigenvalue weighted by Gasteiger charge is 2.16. The number of amides is 2. The number of aliphatic hydroxyl groups excluding tert-OH is 1. The number of halogens is 1. The summed E-state index contributed by atoms with van der Waals surface area (Å²) in [5, 5.41) is 15.5. The van der Waals surface area contributed by atoms with Gasteiger partial charge in [-0.1, -0.05) is 43.9 Å². The molecule has 1 saturated carbocycles. The fraction of sp³-hybridized carbons (Fsp3) is 0.562. The molecule has 0 saturated heterocycles. The third-order valence-corrected chi connectivity index (χ3v) is 3.91. The molecule has 0 aliphatic heterocycles. The molecule has 1 fully saturated rings. The molecule has 116 valence electrons. The second kappa shape index (κ2) is 7.98. The first-order valence-corrected chi connectivity index (χ1v) is 7.63. The maximum Gasteiger partial charge on any atom is 0.315 e. The first-order valence-electron chi connectivity index (χ1n) is 7.63. The molecule has 0 aromatic heterocycles. The van der Waals surface area contributed by atoms with E-state index in [0.29, 0.717) is 0 Å². The quantitative estimate of drug-likeness (QED) is 0.748. The number of benzene rings is 1. The standard InChI is InChI=1S/C16H23FN2O2/c17-14-10-6-5-9-13(14)15(20)11-18-16(21)19-12-7-3-1-2-4-8-12/h5-6,9-10,12,15,20H,1-4,7-8,11H2,(H2,18,19,21). The van der Waals surface area contributed by atoms with E-state index >= 15 is 0 Å². The van der Waals surface area contributed by atoms with E-state index in [9.17, 15) is 14.3 Å². The molecule has 2 rings (SSSR count). The van der Waals surface area contributed by atoms with Gasteiger partial charge < -0.3 is 15.7 Å². The van der Waals surface area contributed by atoms with Crippen molar-refractivity contribution in [3.63, 3.8) is 0 Å². The Hall–Kier alpha value is -1.62. The molecular formula is C16H23FN2O2. The Kier molecular flexibility index (Phi) is 5.99. The van der Waals surface area contributed by atoms with Crippen molar-refractivity contribution in [3.05, 3.63) is 35.6 Å². The van der Waals surface area contributed by atoms with Crippen molar-refractivity contribution < 1.29 is 14.3 Å². The fourth-order valence-corrected chi connectivity index (χ4v) is 2.70. The van der Waals surface area contributed by atoms with E-state index in [1.807, 2.05) is 0 Å². The molecule has 2 amide bonds. The summed E-state index contributed by atoms with van der Waals surface area (Å²) in [7, 11) is 0. The van der Waals surface area contributed by atoms with Crippen LogP contribution in [0.25, 0.3) is 0 Å². The van der Waals surface area contributed by atoms with Crippen molar-refractivity contribution in [1.82, 2.24) is 10.6 Å². The monoisotopic (exact) mass is 294 g/mol. The third-order valence-electron chi connectivity index (χ3n) is 3.91. The number of carbonyl (C=O) groups is 1. The average Bonchev–Trinajstić information content (AvgIpc) is 2.74. The first-order chi connectivity index (χ1) is 10.2. The first kappa shape index (κ1) is 15.8. The summed E-state index contributed by atoms with van der Waals surface area (Å²) in [5.41, 5.74) is 0.201. The van der Waals surface area contributed by atoms with Crippen LogP contribution in [0, 0.1) is 5.82 Å². The Morgan fingerprint density at radius 2 is 1.90 bits per heavy atom. The summed E-state index contributed by atoms with van der Waals surface area (Å²) >= 11 is 0. The van der Waals surface area contributed by atoms with Gasteiger partial charge in [0.05, 0.1) is 6.10 Å². The Balaban J connectivity index is 1.76. The fourth-order valence-electron chi connectivity index (χ4n) is 2.70. The molecule has 0 heterocycles. The summed E-state index contributed by atoms with van der Waals surface area (Å²) in [6.07, 6.45) is 5.71. The SMILES string of the molecule is O=C(NCC(O)c1ccccc1F)NC1CCCCCC1. The summed E-state index contributed by atoms with van der Waals surface area (Å²) in [6, 6.07) is 5.95. The Morgan fingerprint density at radius 3 is 2.57 bits per heavy atom. The third kappa shape index (κ3) is 5.01. The number of hydrogen-bond donors (Lipinski definition) is 3. The van der Waals surface area contributed by atoms with Gasteiger partial charge in [-0.3, -0.25) is 0 Å². The van der Waals surface area contributed by atoms with Crippen LogP contribution >= 0.6 is 0 Å². The van der Waals surface area contributed by atoms with Gasteiger partial charge in [0.1, 0.15) is 5.82 Å². The average molecular weight is 294 g/mol. The van der Waals surface area contributed by atoms with E-state index < -0.39 is 11.9 Å². The van der Waals surface area contributed by atoms with Gasteiger partial charge in [0, 0.05) is 18.2 Å². The lowest BCUT2D eigenvalue weighted by atomic mass is 10.1. The zero-order valence-electron chi connectivity index (χ0n) is 12.1. The molecule has 1 aliphatic carbocycles. The highest BCUT2D eigenvalue weighted by Crippen LogP contribution is 2.17. The predicted octanol–water partition coefficient (Wildman–Crippen LogP) is 2.88. The van der Waals surface area contributed by atoms with Gasteiger partial charge in [0.15, 0.2) is 0 Å². The van der Waals surface area contributed by atoms with E-state index in [4.69, 9.17) is 0 Å². The normalized spacial score (nSPS) is 17.8. The van der Waals surface area contributed by atoms with E-state index in [0.717, 1.165) is 25.7 Å². The zero-order valence-corrected chi connectivity index (χ0v) is 12.1. The smallest absolute Gasteiger partial charge is 0.315 e. The molecular weight excluding hydrogens is 271 g/mol. The molecule has 1 unspecified atom stereocenters. The van der Waals surface area contributed by atoms with Crippen molar-refractivity contribution in [2.24, 2.45) is 0 Å². The summed E-state index contributed by atoms with van der Waals surface area (Å²) in [6.45, 7) is -0.000509. The minimum Gasteiger partial charge on any atom is -0.386 e. The highest BCUT2D eigenvalue weighted by atomic mass is 19.1. The lowest BCUT2D eigenvalue weighted by Gasteiger charge is -2.18. The van der Waals surface area contributed by atoms with Crippen molar-refractivity contribution in [1.29, 1.82) is 0 Å². The molecule has 0 spiro atoms. The number of carbonyl (C=O) groups excluding carboxylic acids is 1. The largest absolute Gasteiger partial charge is 0.386 e. The minimum absolute atomic E-state index is 0.000509. The summed E-state index contributed by atoms with van der Waals surface area (Å²) in [5.74, 6) is -0.462. The molecule has 21 heavy (non-hydrogen) atoms.